The van der Waals surface area contributed by atoms with Crippen LogP contribution >= 0.6 is 0 Å². The van der Waals surface area contributed by atoms with E-state index in [-0.39, 0.29) is 17.7 Å². The van der Waals surface area contributed by atoms with Gasteiger partial charge in [0, 0.05) is 25.2 Å². The van der Waals surface area contributed by atoms with Gasteiger partial charge in [0.05, 0.1) is 12.2 Å². The molecule has 0 amide bonds. The van der Waals surface area contributed by atoms with Crippen LogP contribution in [0.15, 0.2) is 0 Å². The summed E-state index contributed by atoms with van der Waals surface area (Å²) in [5.41, 5.74) is -0.371. The minimum atomic E-state index is -3.43. The summed E-state index contributed by atoms with van der Waals surface area (Å²) in [6, 6.07) is 0. The summed E-state index contributed by atoms with van der Waals surface area (Å²) in [7, 11) is -3.43. The molecule has 0 radical (unpaired) electrons. The van der Waals surface area contributed by atoms with Crippen LogP contribution in [0.3, 0.4) is 0 Å². The van der Waals surface area contributed by atoms with Crippen LogP contribution in [0, 0.1) is 0 Å². The highest BCUT2D eigenvalue weighted by Gasteiger charge is 2.38. The van der Waals surface area contributed by atoms with Gasteiger partial charge in [-0.3, -0.25) is 0 Å². The average Bonchev–Trinajstić information content (AvgIpc) is 2.62. The summed E-state index contributed by atoms with van der Waals surface area (Å²) in [6.45, 7) is 8.12. The van der Waals surface area contributed by atoms with Crippen LogP contribution in [0.1, 0.15) is 27.2 Å². The van der Waals surface area contributed by atoms with Gasteiger partial charge in [0.1, 0.15) is 0 Å². The van der Waals surface area contributed by atoms with Crippen LogP contribution in [0.4, 0.5) is 0 Å². The van der Waals surface area contributed by atoms with Gasteiger partial charge in [-0.25, -0.2) is 0 Å². The number of hydrogen-bond donors (Lipinski definition) is 2. The first kappa shape index (κ1) is 14.2. The molecule has 106 valence electrons. The van der Waals surface area contributed by atoms with Crippen LogP contribution in [-0.4, -0.2) is 56.6 Å². The normalized spacial score (nSPS) is 39.1. The lowest BCUT2D eigenvalue weighted by Crippen LogP contribution is -2.57. The Morgan fingerprint density at radius 2 is 1.94 bits per heavy atom. The van der Waals surface area contributed by atoms with Gasteiger partial charge in [-0.1, -0.05) is 0 Å². The van der Waals surface area contributed by atoms with Crippen molar-refractivity contribution in [2.45, 2.75) is 44.9 Å². The maximum atomic E-state index is 12.4. The molecular formula is C11H23N3O3S. The van der Waals surface area contributed by atoms with E-state index in [2.05, 4.69) is 10.0 Å². The van der Waals surface area contributed by atoms with Crippen LogP contribution in [0.5, 0.6) is 0 Å². The number of hydrogen-bond acceptors (Lipinski definition) is 4. The predicted octanol–water partition coefficient (Wildman–Crippen LogP) is -0.318. The predicted molar refractivity (Wildman–Crippen MR) is 69.5 cm³/mol. The number of rotatable bonds is 3. The molecule has 18 heavy (non-hydrogen) atoms. The number of morpholine rings is 1. The summed E-state index contributed by atoms with van der Waals surface area (Å²) in [6.07, 6.45) is 0.710. The zero-order valence-corrected chi connectivity index (χ0v) is 12.1. The molecule has 7 heteroatoms. The smallest absolute Gasteiger partial charge is 0.280 e. The van der Waals surface area contributed by atoms with Crippen molar-refractivity contribution >= 4 is 10.2 Å². The molecule has 2 N–H and O–H groups in total. The zero-order valence-electron chi connectivity index (χ0n) is 11.3. The summed E-state index contributed by atoms with van der Waals surface area (Å²) < 4.78 is 34.6. The third-order valence-electron chi connectivity index (χ3n) is 3.47. The van der Waals surface area contributed by atoms with Crippen LogP contribution < -0.4 is 10.0 Å². The summed E-state index contributed by atoms with van der Waals surface area (Å²) in [5, 5.41) is 3.19. The van der Waals surface area contributed by atoms with Crippen LogP contribution in [0.25, 0.3) is 0 Å². The molecule has 6 nitrogen and oxygen atoms in total. The van der Waals surface area contributed by atoms with Gasteiger partial charge in [-0.2, -0.15) is 17.4 Å². The van der Waals surface area contributed by atoms with Crippen molar-refractivity contribution in [3.63, 3.8) is 0 Å². The molecule has 2 fully saturated rings. The quantitative estimate of drug-likeness (QED) is 0.742. The molecule has 3 atom stereocenters. The highest BCUT2D eigenvalue weighted by Crippen LogP contribution is 2.19. The lowest BCUT2D eigenvalue weighted by Gasteiger charge is -2.36. The van der Waals surface area contributed by atoms with E-state index >= 15 is 0 Å². The van der Waals surface area contributed by atoms with Crippen molar-refractivity contribution in [2.75, 3.05) is 26.2 Å². The molecule has 2 aliphatic rings. The average molecular weight is 277 g/mol. The number of nitrogens with zero attached hydrogens (tertiary/aromatic N) is 1. The second-order valence-corrected chi connectivity index (χ2v) is 7.34. The molecule has 0 aromatic carbocycles. The second kappa shape index (κ2) is 5.05. The standard InChI is InChI=1S/C11H23N3O3S/c1-9-6-14(7-10(2)17-9)18(15,16)13-11(3)4-5-12-8-11/h9-10,12-13H,4-8H2,1-3H3. The molecule has 0 saturated carbocycles. The minimum absolute atomic E-state index is 0.0557. The Labute approximate surface area is 109 Å². The first-order valence-corrected chi connectivity index (χ1v) is 7.90. The lowest BCUT2D eigenvalue weighted by molar-refractivity contribution is -0.0445. The summed E-state index contributed by atoms with van der Waals surface area (Å²) >= 11 is 0. The molecular weight excluding hydrogens is 254 g/mol. The maximum absolute atomic E-state index is 12.4. The van der Waals surface area contributed by atoms with Crippen molar-refractivity contribution < 1.29 is 13.2 Å². The molecule has 2 saturated heterocycles. The van der Waals surface area contributed by atoms with Gasteiger partial charge >= 0.3 is 0 Å². The minimum Gasteiger partial charge on any atom is -0.373 e. The van der Waals surface area contributed by atoms with Crippen molar-refractivity contribution in [3.8, 4) is 0 Å². The maximum Gasteiger partial charge on any atom is 0.280 e. The fourth-order valence-electron chi connectivity index (χ4n) is 2.61. The first-order valence-electron chi connectivity index (χ1n) is 6.46. The van der Waals surface area contributed by atoms with E-state index in [4.69, 9.17) is 4.74 Å². The molecule has 0 aromatic heterocycles. The van der Waals surface area contributed by atoms with Crippen molar-refractivity contribution in [1.29, 1.82) is 0 Å². The van der Waals surface area contributed by atoms with Gasteiger partial charge < -0.3 is 10.1 Å². The highest BCUT2D eigenvalue weighted by atomic mass is 32.2. The Balaban J connectivity index is 2.06. The molecule has 2 aliphatic heterocycles. The fraction of sp³-hybridized carbons (Fsp3) is 1.00. The molecule has 0 spiro atoms. The van der Waals surface area contributed by atoms with E-state index in [9.17, 15) is 8.42 Å². The second-order valence-electron chi connectivity index (χ2n) is 5.67. The Kier molecular flexibility index (Phi) is 3.99. The molecule has 2 heterocycles. The molecule has 3 unspecified atom stereocenters. The highest BCUT2D eigenvalue weighted by molar-refractivity contribution is 7.87. The molecule has 2 rings (SSSR count). The van der Waals surface area contributed by atoms with E-state index < -0.39 is 10.2 Å². The van der Waals surface area contributed by atoms with Crippen molar-refractivity contribution in [3.05, 3.63) is 0 Å². The zero-order chi connectivity index (χ0) is 13.4. The largest absolute Gasteiger partial charge is 0.373 e. The van der Waals surface area contributed by atoms with Crippen LogP contribution in [0.2, 0.25) is 0 Å². The fourth-order valence-corrected chi connectivity index (χ4v) is 4.35. The van der Waals surface area contributed by atoms with Gasteiger partial charge in [-0.05, 0) is 33.7 Å². The summed E-state index contributed by atoms with van der Waals surface area (Å²) in [4.78, 5) is 0. The SMILES string of the molecule is CC1CN(S(=O)(=O)NC2(C)CCNC2)CC(C)O1. The molecule has 0 aliphatic carbocycles. The molecule has 0 bridgehead atoms. The molecule has 0 aromatic rings. The Morgan fingerprint density at radius 1 is 1.33 bits per heavy atom. The monoisotopic (exact) mass is 277 g/mol. The van der Waals surface area contributed by atoms with Gasteiger partial charge in [0.25, 0.3) is 10.2 Å². The number of nitrogens with one attached hydrogen (secondary N) is 2. The Morgan fingerprint density at radius 3 is 2.44 bits per heavy atom. The summed E-state index contributed by atoms with van der Waals surface area (Å²) in [5.74, 6) is 0. The Hall–Kier alpha value is -0.210. The topological polar surface area (TPSA) is 70.7 Å². The van der Waals surface area contributed by atoms with Crippen molar-refractivity contribution in [1.82, 2.24) is 14.3 Å². The van der Waals surface area contributed by atoms with E-state index in [1.54, 1.807) is 0 Å². The van der Waals surface area contributed by atoms with Crippen molar-refractivity contribution in [2.24, 2.45) is 0 Å². The number of ether oxygens (including phenoxy) is 1. The van der Waals surface area contributed by atoms with Gasteiger partial charge in [-0.15, -0.1) is 0 Å². The Bertz CT molecular complexity index is 382. The van der Waals surface area contributed by atoms with E-state index in [0.717, 1.165) is 13.0 Å². The van der Waals surface area contributed by atoms with E-state index in [1.165, 1.54) is 4.31 Å². The van der Waals surface area contributed by atoms with Crippen LogP contribution in [-0.2, 0) is 14.9 Å². The van der Waals surface area contributed by atoms with Gasteiger partial charge in [0.2, 0.25) is 0 Å². The lowest BCUT2D eigenvalue weighted by atomic mass is 10.0. The van der Waals surface area contributed by atoms with E-state index in [1.807, 2.05) is 20.8 Å². The van der Waals surface area contributed by atoms with E-state index in [0.29, 0.717) is 19.6 Å². The third-order valence-corrected chi connectivity index (χ3v) is 5.20. The third kappa shape index (κ3) is 3.21. The first-order chi connectivity index (χ1) is 8.31. The van der Waals surface area contributed by atoms with Gasteiger partial charge in [0.15, 0.2) is 0 Å².